The summed E-state index contributed by atoms with van der Waals surface area (Å²) in [4.78, 5) is 26.0. The molecule has 0 aromatic heterocycles. The average molecular weight is 329 g/mol. The van der Waals surface area contributed by atoms with Crippen LogP contribution in [0.2, 0.25) is 0 Å². The third-order valence-corrected chi connectivity index (χ3v) is 4.71. The molecule has 0 bridgehead atoms. The van der Waals surface area contributed by atoms with Gasteiger partial charge < -0.3 is 14.4 Å². The van der Waals surface area contributed by atoms with E-state index in [0.717, 1.165) is 18.7 Å². The number of piperidine rings is 1. The van der Waals surface area contributed by atoms with E-state index < -0.39 is 5.92 Å². The van der Waals surface area contributed by atoms with Gasteiger partial charge in [-0.1, -0.05) is 12.1 Å². The summed E-state index contributed by atoms with van der Waals surface area (Å²) in [5.41, 5.74) is 3.78. The van der Waals surface area contributed by atoms with Crippen LogP contribution in [0.15, 0.2) is 18.2 Å². The quantitative estimate of drug-likeness (QED) is 0.592. The smallest absolute Gasteiger partial charge is 0.317 e. The number of methoxy groups -OCH3 is 1. The van der Waals surface area contributed by atoms with Crippen molar-refractivity contribution in [2.75, 3.05) is 33.4 Å². The van der Waals surface area contributed by atoms with Crippen molar-refractivity contribution in [1.82, 2.24) is 4.90 Å². The molecule has 5 nitrogen and oxygen atoms in total. The second-order valence-electron chi connectivity index (χ2n) is 6.19. The van der Waals surface area contributed by atoms with Crippen LogP contribution in [-0.2, 0) is 14.3 Å². The maximum atomic E-state index is 11.9. The molecule has 2 aliphatic rings. The zero-order chi connectivity index (χ0) is 17.1. The van der Waals surface area contributed by atoms with E-state index >= 15 is 0 Å². The molecule has 0 N–H and O–H groups in total. The number of esters is 1. The lowest BCUT2D eigenvalue weighted by molar-refractivity contribution is -0.153. The molecule has 1 unspecified atom stereocenters. The molecule has 1 aromatic rings. The Morgan fingerprint density at radius 2 is 2.21 bits per heavy atom. The van der Waals surface area contributed by atoms with Crippen LogP contribution in [0.4, 0.5) is 0 Å². The molecule has 1 aliphatic heterocycles. The Morgan fingerprint density at radius 3 is 2.96 bits per heavy atom. The molecule has 128 valence electrons. The predicted molar refractivity (Wildman–Crippen MR) is 91.7 cm³/mol. The fourth-order valence-electron chi connectivity index (χ4n) is 3.29. The predicted octanol–water partition coefficient (Wildman–Crippen LogP) is 2.39. The van der Waals surface area contributed by atoms with Crippen molar-refractivity contribution in [2.24, 2.45) is 5.92 Å². The van der Waals surface area contributed by atoms with Gasteiger partial charge in [-0.15, -0.1) is 0 Å². The normalized spacial score (nSPS) is 20.0. The summed E-state index contributed by atoms with van der Waals surface area (Å²) in [6.07, 6.45) is 3.52. The van der Waals surface area contributed by atoms with E-state index in [4.69, 9.17) is 9.47 Å². The number of Topliss-reactive ketones (excluding diaryl/α,β-unsaturated/α-hetero) is 1. The largest absolute Gasteiger partial charge is 0.497 e. The molecule has 1 saturated heterocycles. The number of rotatable bonds is 6. The SMILES string of the molecule is CCOC(=O)C1CN(CCC2=Cc3ccc(OC)cc32)CCC1=O. The lowest BCUT2D eigenvalue weighted by atomic mass is 9.86. The summed E-state index contributed by atoms with van der Waals surface area (Å²) in [5, 5.41) is 0. The summed E-state index contributed by atoms with van der Waals surface area (Å²) < 4.78 is 10.3. The number of carbonyl (C=O) groups is 2. The van der Waals surface area contributed by atoms with Crippen LogP contribution in [0.3, 0.4) is 0 Å². The second kappa shape index (κ2) is 7.18. The van der Waals surface area contributed by atoms with Gasteiger partial charge in [0.1, 0.15) is 17.5 Å². The lowest BCUT2D eigenvalue weighted by Crippen LogP contribution is -2.45. The van der Waals surface area contributed by atoms with Crippen LogP contribution in [0.25, 0.3) is 11.6 Å². The van der Waals surface area contributed by atoms with Gasteiger partial charge in [-0.2, -0.15) is 0 Å². The van der Waals surface area contributed by atoms with E-state index in [-0.39, 0.29) is 11.8 Å². The van der Waals surface area contributed by atoms with Gasteiger partial charge >= 0.3 is 5.97 Å². The number of fused-ring (bicyclic) bond motifs is 1. The summed E-state index contributed by atoms with van der Waals surface area (Å²) in [5.74, 6) is -0.139. The maximum absolute atomic E-state index is 11.9. The van der Waals surface area contributed by atoms with Gasteiger partial charge in [0.15, 0.2) is 0 Å². The zero-order valence-electron chi connectivity index (χ0n) is 14.2. The molecule has 0 saturated carbocycles. The first-order valence-corrected chi connectivity index (χ1v) is 8.43. The minimum atomic E-state index is -0.624. The number of benzene rings is 1. The molecule has 5 heteroatoms. The van der Waals surface area contributed by atoms with Crippen LogP contribution in [0, 0.1) is 5.92 Å². The van der Waals surface area contributed by atoms with Crippen molar-refractivity contribution in [3.63, 3.8) is 0 Å². The number of carbonyl (C=O) groups excluding carboxylic acids is 2. The molecule has 24 heavy (non-hydrogen) atoms. The summed E-state index contributed by atoms with van der Waals surface area (Å²) in [7, 11) is 1.67. The van der Waals surface area contributed by atoms with Crippen molar-refractivity contribution in [2.45, 2.75) is 19.8 Å². The molecule has 3 rings (SSSR count). The third-order valence-electron chi connectivity index (χ3n) is 4.71. The van der Waals surface area contributed by atoms with Crippen LogP contribution >= 0.6 is 0 Å². The standard InChI is InChI=1S/C19H23NO4/c1-3-24-19(22)17-12-20(9-7-18(17)21)8-6-14-10-13-4-5-15(23-2)11-16(13)14/h4-5,10-11,17H,3,6-9,12H2,1-2H3. The van der Waals surface area contributed by atoms with Crippen molar-refractivity contribution in [3.8, 4) is 5.75 Å². The van der Waals surface area contributed by atoms with Gasteiger partial charge in [0.2, 0.25) is 0 Å². The van der Waals surface area contributed by atoms with Crippen molar-refractivity contribution in [3.05, 3.63) is 29.3 Å². The lowest BCUT2D eigenvalue weighted by Gasteiger charge is -2.31. The van der Waals surface area contributed by atoms with Crippen LogP contribution in [-0.4, -0.2) is 50.0 Å². The highest BCUT2D eigenvalue weighted by Crippen LogP contribution is 2.37. The Labute approximate surface area is 142 Å². The summed E-state index contributed by atoms with van der Waals surface area (Å²) in [6.45, 7) is 4.10. The van der Waals surface area contributed by atoms with E-state index in [9.17, 15) is 9.59 Å². The second-order valence-corrected chi connectivity index (χ2v) is 6.19. The molecule has 0 radical (unpaired) electrons. The minimum absolute atomic E-state index is 0.00245. The average Bonchev–Trinajstić information content (AvgIpc) is 2.57. The first kappa shape index (κ1) is 16.7. The Kier molecular flexibility index (Phi) is 5.00. The Hall–Kier alpha value is -2.14. The Bertz CT molecular complexity index is 680. The highest BCUT2D eigenvalue weighted by molar-refractivity contribution is 6.00. The molecule has 1 atom stereocenters. The molecule has 0 amide bonds. The van der Waals surface area contributed by atoms with Crippen molar-refractivity contribution >= 4 is 23.4 Å². The highest BCUT2D eigenvalue weighted by atomic mass is 16.5. The van der Waals surface area contributed by atoms with E-state index in [1.807, 2.05) is 6.07 Å². The first-order valence-electron chi connectivity index (χ1n) is 8.43. The zero-order valence-corrected chi connectivity index (χ0v) is 14.2. The summed E-state index contributed by atoms with van der Waals surface area (Å²) >= 11 is 0. The minimum Gasteiger partial charge on any atom is -0.497 e. The number of likely N-dealkylation sites (tertiary alicyclic amines) is 1. The van der Waals surface area contributed by atoms with Gasteiger partial charge in [-0.3, -0.25) is 9.59 Å². The molecule has 1 fully saturated rings. The topological polar surface area (TPSA) is 55.8 Å². The van der Waals surface area contributed by atoms with Crippen molar-refractivity contribution in [1.29, 1.82) is 0 Å². The molecular formula is C19H23NO4. The van der Waals surface area contributed by atoms with E-state index in [1.54, 1.807) is 14.0 Å². The number of ether oxygens (including phenoxy) is 2. The molecule has 1 aromatic carbocycles. The fourth-order valence-corrected chi connectivity index (χ4v) is 3.29. The third kappa shape index (κ3) is 3.36. The van der Waals surface area contributed by atoms with E-state index in [2.05, 4.69) is 23.1 Å². The fraction of sp³-hybridized carbons (Fsp3) is 0.474. The summed E-state index contributed by atoms with van der Waals surface area (Å²) in [6, 6.07) is 6.09. The Morgan fingerprint density at radius 1 is 1.38 bits per heavy atom. The van der Waals surface area contributed by atoms with Gasteiger partial charge in [0.25, 0.3) is 0 Å². The van der Waals surface area contributed by atoms with Crippen LogP contribution in [0.1, 0.15) is 30.9 Å². The van der Waals surface area contributed by atoms with Gasteiger partial charge in [-0.05, 0) is 42.2 Å². The monoisotopic (exact) mass is 329 g/mol. The molecule has 0 spiro atoms. The van der Waals surface area contributed by atoms with Crippen LogP contribution < -0.4 is 4.74 Å². The number of hydrogen-bond donors (Lipinski definition) is 0. The molecule has 1 aliphatic carbocycles. The van der Waals surface area contributed by atoms with Gasteiger partial charge in [0.05, 0.1) is 13.7 Å². The van der Waals surface area contributed by atoms with E-state index in [1.165, 1.54) is 16.7 Å². The first-order chi connectivity index (χ1) is 11.6. The maximum Gasteiger partial charge on any atom is 0.317 e. The van der Waals surface area contributed by atoms with Crippen molar-refractivity contribution < 1.29 is 19.1 Å². The highest BCUT2D eigenvalue weighted by Gasteiger charge is 2.33. The van der Waals surface area contributed by atoms with Crippen LogP contribution in [0.5, 0.6) is 5.75 Å². The number of ketones is 1. The van der Waals surface area contributed by atoms with Gasteiger partial charge in [-0.25, -0.2) is 0 Å². The number of hydrogen-bond acceptors (Lipinski definition) is 5. The Balaban J connectivity index is 1.55. The molecule has 1 heterocycles. The van der Waals surface area contributed by atoms with Gasteiger partial charge in [0, 0.05) is 26.1 Å². The van der Waals surface area contributed by atoms with E-state index in [0.29, 0.717) is 26.1 Å². The molecular weight excluding hydrogens is 306 g/mol. The number of nitrogens with zero attached hydrogens (tertiary/aromatic N) is 1.